The third-order valence-corrected chi connectivity index (χ3v) is 5.87. The summed E-state index contributed by atoms with van der Waals surface area (Å²) in [5.41, 5.74) is 0.514. The van der Waals surface area contributed by atoms with Crippen molar-refractivity contribution >= 4 is 0 Å². The minimum Gasteiger partial charge on any atom is -0.311 e. The standard InChI is InChI=1S/C17H33N/c1-12-6-11-16(13(12)2)18-15-9-7-14(8-10-15)17(3,4)5/h12-16,18H,6-11H2,1-5H3. The van der Waals surface area contributed by atoms with E-state index in [1.807, 2.05) is 0 Å². The van der Waals surface area contributed by atoms with Gasteiger partial charge in [-0.15, -0.1) is 0 Å². The molecule has 0 heterocycles. The minimum atomic E-state index is 0.514. The zero-order valence-electron chi connectivity index (χ0n) is 13.1. The summed E-state index contributed by atoms with van der Waals surface area (Å²) >= 11 is 0. The van der Waals surface area contributed by atoms with Gasteiger partial charge in [-0.1, -0.05) is 34.6 Å². The quantitative estimate of drug-likeness (QED) is 0.755. The smallest absolute Gasteiger partial charge is 0.00979 e. The van der Waals surface area contributed by atoms with Crippen LogP contribution in [0.4, 0.5) is 0 Å². The normalized spacial score (nSPS) is 42.2. The Labute approximate surface area is 114 Å². The van der Waals surface area contributed by atoms with Crippen molar-refractivity contribution in [3.8, 4) is 0 Å². The molecule has 3 atom stereocenters. The van der Waals surface area contributed by atoms with Crippen LogP contribution in [0.25, 0.3) is 0 Å². The summed E-state index contributed by atoms with van der Waals surface area (Å²) in [6.07, 6.45) is 8.49. The Balaban J connectivity index is 1.77. The van der Waals surface area contributed by atoms with Crippen LogP contribution in [0.5, 0.6) is 0 Å². The van der Waals surface area contributed by atoms with Crippen molar-refractivity contribution < 1.29 is 0 Å². The monoisotopic (exact) mass is 251 g/mol. The maximum atomic E-state index is 3.97. The fraction of sp³-hybridized carbons (Fsp3) is 1.00. The van der Waals surface area contributed by atoms with Gasteiger partial charge in [0.25, 0.3) is 0 Å². The van der Waals surface area contributed by atoms with Crippen LogP contribution in [0.2, 0.25) is 0 Å². The first-order valence-corrected chi connectivity index (χ1v) is 8.14. The van der Waals surface area contributed by atoms with E-state index in [1.54, 1.807) is 0 Å². The van der Waals surface area contributed by atoms with Gasteiger partial charge in [0.15, 0.2) is 0 Å². The zero-order chi connectivity index (χ0) is 13.3. The molecule has 2 rings (SSSR count). The van der Waals surface area contributed by atoms with Crippen LogP contribution in [-0.2, 0) is 0 Å². The van der Waals surface area contributed by atoms with E-state index in [1.165, 1.54) is 38.5 Å². The van der Waals surface area contributed by atoms with Crippen molar-refractivity contribution in [1.29, 1.82) is 0 Å². The Morgan fingerprint density at radius 1 is 0.833 bits per heavy atom. The third-order valence-electron chi connectivity index (χ3n) is 5.87. The van der Waals surface area contributed by atoms with E-state index < -0.39 is 0 Å². The highest BCUT2D eigenvalue weighted by Crippen LogP contribution is 2.39. The van der Waals surface area contributed by atoms with Crippen LogP contribution < -0.4 is 5.32 Å². The summed E-state index contributed by atoms with van der Waals surface area (Å²) in [5.74, 6) is 2.74. The van der Waals surface area contributed by atoms with Crippen LogP contribution in [0.15, 0.2) is 0 Å². The topological polar surface area (TPSA) is 12.0 Å². The molecule has 18 heavy (non-hydrogen) atoms. The number of rotatable bonds is 2. The van der Waals surface area contributed by atoms with E-state index in [-0.39, 0.29) is 0 Å². The van der Waals surface area contributed by atoms with E-state index in [0.717, 1.165) is 29.8 Å². The maximum Gasteiger partial charge on any atom is 0.00979 e. The highest BCUT2D eigenvalue weighted by molar-refractivity contribution is 4.90. The molecule has 0 bridgehead atoms. The second-order valence-corrected chi connectivity index (χ2v) is 8.10. The Hall–Kier alpha value is -0.0400. The molecule has 0 radical (unpaired) electrons. The molecule has 1 heteroatoms. The van der Waals surface area contributed by atoms with Crippen molar-refractivity contribution in [2.45, 2.75) is 85.2 Å². The molecule has 3 unspecified atom stereocenters. The molecule has 0 aromatic carbocycles. The molecule has 2 fully saturated rings. The predicted octanol–water partition coefficient (Wildman–Crippen LogP) is 4.62. The highest BCUT2D eigenvalue weighted by Gasteiger charge is 2.34. The Morgan fingerprint density at radius 3 is 1.89 bits per heavy atom. The molecule has 0 amide bonds. The van der Waals surface area contributed by atoms with Gasteiger partial charge in [0.2, 0.25) is 0 Å². The molecule has 0 saturated heterocycles. The minimum absolute atomic E-state index is 0.514. The van der Waals surface area contributed by atoms with Gasteiger partial charge in [-0.25, -0.2) is 0 Å². The average molecular weight is 251 g/mol. The van der Waals surface area contributed by atoms with E-state index in [2.05, 4.69) is 39.9 Å². The summed E-state index contributed by atoms with van der Waals surface area (Å²) in [4.78, 5) is 0. The van der Waals surface area contributed by atoms with Gasteiger partial charge < -0.3 is 5.32 Å². The van der Waals surface area contributed by atoms with E-state index in [4.69, 9.17) is 0 Å². The average Bonchev–Trinajstić information content (AvgIpc) is 2.61. The lowest BCUT2D eigenvalue weighted by atomic mass is 9.71. The Bertz CT molecular complexity index is 257. The van der Waals surface area contributed by atoms with Gasteiger partial charge in [0.1, 0.15) is 0 Å². The molecule has 0 aromatic rings. The second-order valence-electron chi connectivity index (χ2n) is 8.10. The highest BCUT2D eigenvalue weighted by atomic mass is 15.0. The predicted molar refractivity (Wildman–Crippen MR) is 79.7 cm³/mol. The molecule has 0 aromatic heterocycles. The van der Waals surface area contributed by atoms with Gasteiger partial charge in [-0.05, 0) is 61.7 Å². The van der Waals surface area contributed by atoms with Crippen LogP contribution in [0.3, 0.4) is 0 Å². The van der Waals surface area contributed by atoms with Gasteiger partial charge in [-0.3, -0.25) is 0 Å². The molecule has 1 nitrogen and oxygen atoms in total. The Morgan fingerprint density at radius 2 is 1.44 bits per heavy atom. The molecule has 2 saturated carbocycles. The second kappa shape index (κ2) is 5.53. The summed E-state index contributed by atoms with van der Waals surface area (Å²) in [5, 5.41) is 3.97. The molecular formula is C17H33N. The maximum absolute atomic E-state index is 3.97. The van der Waals surface area contributed by atoms with Gasteiger partial charge in [0, 0.05) is 12.1 Å². The molecular weight excluding hydrogens is 218 g/mol. The van der Waals surface area contributed by atoms with Crippen molar-refractivity contribution in [3.05, 3.63) is 0 Å². The number of hydrogen-bond acceptors (Lipinski definition) is 1. The number of nitrogens with one attached hydrogen (secondary N) is 1. The lowest BCUT2D eigenvalue weighted by Gasteiger charge is -2.38. The fourth-order valence-corrected chi connectivity index (χ4v) is 4.03. The first kappa shape index (κ1) is 14.4. The first-order valence-electron chi connectivity index (χ1n) is 8.14. The van der Waals surface area contributed by atoms with Gasteiger partial charge >= 0.3 is 0 Å². The van der Waals surface area contributed by atoms with Gasteiger partial charge in [-0.2, -0.15) is 0 Å². The first-order chi connectivity index (χ1) is 8.38. The van der Waals surface area contributed by atoms with Crippen molar-refractivity contribution in [1.82, 2.24) is 5.32 Å². The van der Waals surface area contributed by atoms with E-state index >= 15 is 0 Å². The largest absolute Gasteiger partial charge is 0.311 e. The van der Waals surface area contributed by atoms with Crippen LogP contribution in [-0.4, -0.2) is 12.1 Å². The van der Waals surface area contributed by atoms with E-state index in [0.29, 0.717) is 5.41 Å². The van der Waals surface area contributed by atoms with Crippen LogP contribution in [0, 0.1) is 23.2 Å². The van der Waals surface area contributed by atoms with Crippen molar-refractivity contribution in [2.75, 3.05) is 0 Å². The lowest BCUT2D eigenvalue weighted by molar-refractivity contribution is 0.152. The number of hydrogen-bond donors (Lipinski definition) is 1. The summed E-state index contributed by atoms with van der Waals surface area (Å²) < 4.78 is 0. The van der Waals surface area contributed by atoms with Crippen molar-refractivity contribution in [2.24, 2.45) is 23.2 Å². The SMILES string of the molecule is CC1CCC(NC2CCC(C(C)(C)C)CC2)C1C. The molecule has 106 valence electrons. The zero-order valence-corrected chi connectivity index (χ0v) is 13.1. The lowest BCUT2D eigenvalue weighted by Crippen LogP contribution is -2.43. The molecule has 1 N–H and O–H groups in total. The van der Waals surface area contributed by atoms with E-state index in [9.17, 15) is 0 Å². The molecule has 2 aliphatic carbocycles. The molecule has 0 aliphatic heterocycles. The summed E-state index contributed by atoms with van der Waals surface area (Å²) in [6, 6.07) is 1.61. The summed E-state index contributed by atoms with van der Waals surface area (Å²) in [6.45, 7) is 12.1. The Kier molecular flexibility index (Phi) is 4.41. The van der Waals surface area contributed by atoms with Crippen LogP contribution >= 0.6 is 0 Å². The molecule has 0 spiro atoms. The summed E-state index contributed by atoms with van der Waals surface area (Å²) in [7, 11) is 0. The third kappa shape index (κ3) is 3.29. The molecule has 2 aliphatic rings. The van der Waals surface area contributed by atoms with Crippen LogP contribution in [0.1, 0.15) is 73.1 Å². The van der Waals surface area contributed by atoms with Gasteiger partial charge in [0.05, 0.1) is 0 Å². The van der Waals surface area contributed by atoms with Crippen molar-refractivity contribution in [3.63, 3.8) is 0 Å². The fourth-order valence-electron chi connectivity index (χ4n) is 4.03.